The molecule has 4 heteroatoms. The first-order valence-electron chi connectivity index (χ1n) is 6.84. The Morgan fingerprint density at radius 1 is 1.14 bits per heavy atom. The molecule has 2 aromatic rings. The van der Waals surface area contributed by atoms with Gasteiger partial charge in [0.2, 0.25) is 0 Å². The number of carboxylic acid groups (broad SMARTS) is 1. The summed E-state index contributed by atoms with van der Waals surface area (Å²) in [6, 6.07) is 14.9. The molecule has 0 aliphatic carbocycles. The van der Waals surface area contributed by atoms with Crippen LogP contribution in [0.3, 0.4) is 0 Å². The monoisotopic (exact) mass is 285 g/mol. The summed E-state index contributed by atoms with van der Waals surface area (Å²) in [6.07, 6.45) is -0.00548. The molecule has 0 aliphatic heterocycles. The molecule has 0 aromatic heterocycles. The van der Waals surface area contributed by atoms with E-state index in [1.165, 1.54) is 0 Å². The number of para-hydroxylation sites is 1. The SMILES string of the molecule is C[C@@H](N)c1ccccc1OCc1ccccc1CC(=O)O. The Morgan fingerprint density at radius 2 is 1.76 bits per heavy atom. The second-order valence-electron chi connectivity index (χ2n) is 4.95. The van der Waals surface area contributed by atoms with Crippen LogP contribution >= 0.6 is 0 Å². The first kappa shape index (κ1) is 15.1. The molecular weight excluding hydrogens is 266 g/mol. The molecule has 1 atom stereocenters. The minimum atomic E-state index is -0.849. The Hall–Kier alpha value is -2.33. The Morgan fingerprint density at radius 3 is 2.43 bits per heavy atom. The molecular formula is C17H19NO3. The van der Waals surface area contributed by atoms with Crippen LogP contribution in [-0.4, -0.2) is 11.1 Å². The number of hydrogen-bond donors (Lipinski definition) is 2. The molecule has 0 amide bonds. The molecule has 0 unspecified atom stereocenters. The fourth-order valence-corrected chi connectivity index (χ4v) is 2.18. The highest BCUT2D eigenvalue weighted by atomic mass is 16.5. The standard InChI is InChI=1S/C17H19NO3/c1-12(18)15-8-4-5-9-16(15)21-11-14-7-3-2-6-13(14)10-17(19)20/h2-9,12H,10-11,18H2,1H3,(H,19,20)/t12-/m1/s1. The predicted molar refractivity (Wildman–Crippen MR) is 81.2 cm³/mol. The van der Waals surface area contributed by atoms with Crippen LogP contribution in [0.4, 0.5) is 0 Å². The van der Waals surface area contributed by atoms with Crippen LogP contribution in [0.5, 0.6) is 5.75 Å². The lowest BCUT2D eigenvalue weighted by molar-refractivity contribution is -0.136. The molecule has 3 N–H and O–H groups in total. The van der Waals surface area contributed by atoms with Crippen LogP contribution in [0.25, 0.3) is 0 Å². The molecule has 0 saturated carbocycles. The van der Waals surface area contributed by atoms with Gasteiger partial charge in [-0.15, -0.1) is 0 Å². The molecule has 0 radical (unpaired) electrons. The van der Waals surface area contributed by atoms with Crippen molar-refractivity contribution in [3.8, 4) is 5.75 Å². The fraction of sp³-hybridized carbons (Fsp3) is 0.235. The number of hydrogen-bond acceptors (Lipinski definition) is 3. The van der Waals surface area contributed by atoms with E-state index in [-0.39, 0.29) is 12.5 Å². The number of carbonyl (C=O) groups is 1. The molecule has 0 aliphatic rings. The first-order chi connectivity index (χ1) is 10.1. The molecule has 0 spiro atoms. The fourth-order valence-electron chi connectivity index (χ4n) is 2.18. The van der Waals surface area contributed by atoms with Gasteiger partial charge in [0.15, 0.2) is 0 Å². The van der Waals surface area contributed by atoms with Gasteiger partial charge >= 0.3 is 5.97 Å². The summed E-state index contributed by atoms with van der Waals surface area (Å²) in [6.45, 7) is 2.23. The van der Waals surface area contributed by atoms with Gasteiger partial charge in [-0.05, 0) is 24.1 Å². The minimum Gasteiger partial charge on any atom is -0.489 e. The third-order valence-electron chi connectivity index (χ3n) is 3.25. The molecule has 2 aromatic carbocycles. The molecule has 0 heterocycles. The zero-order valence-electron chi connectivity index (χ0n) is 12.0. The van der Waals surface area contributed by atoms with E-state index in [1.54, 1.807) is 0 Å². The van der Waals surface area contributed by atoms with Gasteiger partial charge in [-0.3, -0.25) is 4.79 Å². The number of rotatable bonds is 6. The molecule has 2 rings (SSSR count). The summed E-state index contributed by atoms with van der Waals surface area (Å²) in [5, 5.41) is 8.94. The Kier molecular flexibility index (Phi) is 4.95. The van der Waals surface area contributed by atoms with E-state index in [1.807, 2.05) is 55.5 Å². The van der Waals surface area contributed by atoms with E-state index < -0.39 is 5.97 Å². The van der Waals surface area contributed by atoms with Gasteiger partial charge in [-0.1, -0.05) is 42.5 Å². The number of nitrogens with two attached hydrogens (primary N) is 1. The summed E-state index contributed by atoms with van der Waals surface area (Å²) in [4.78, 5) is 10.9. The molecule has 0 fully saturated rings. The van der Waals surface area contributed by atoms with Crippen molar-refractivity contribution in [3.63, 3.8) is 0 Å². The largest absolute Gasteiger partial charge is 0.489 e. The van der Waals surface area contributed by atoms with Crippen molar-refractivity contribution in [1.29, 1.82) is 0 Å². The van der Waals surface area contributed by atoms with E-state index in [0.717, 1.165) is 22.4 Å². The Labute approximate surface area is 124 Å². The van der Waals surface area contributed by atoms with Crippen molar-refractivity contribution >= 4 is 5.97 Å². The molecule has 4 nitrogen and oxygen atoms in total. The highest BCUT2D eigenvalue weighted by molar-refractivity contribution is 5.70. The summed E-state index contributed by atoms with van der Waals surface area (Å²) in [5.74, 6) is -0.115. The normalized spacial score (nSPS) is 11.9. The van der Waals surface area contributed by atoms with Crippen LogP contribution in [0.2, 0.25) is 0 Å². The van der Waals surface area contributed by atoms with Crippen molar-refractivity contribution in [1.82, 2.24) is 0 Å². The summed E-state index contributed by atoms with van der Waals surface area (Å²) < 4.78 is 5.83. The second-order valence-corrected chi connectivity index (χ2v) is 4.95. The van der Waals surface area contributed by atoms with Crippen molar-refractivity contribution in [2.24, 2.45) is 5.73 Å². The highest BCUT2D eigenvalue weighted by Gasteiger charge is 2.10. The highest BCUT2D eigenvalue weighted by Crippen LogP contribution is 2.24. The number of carboxylic acids is 1. The maximum Gasteiger partial charge on any atom is 0.307 e. The smallest absolute Gasteiger partial charge is 0.307 e. The second kappa shape index (κ2) is 6.90. The van der Waals surface area contributed by atoms with Gasteiger partial charge in [0.05, 0.1) is 6.42 Å². The lowest BCUT2D eigenvalue weighted by Crippen LogP contribution is -2.09. The lowest BCUT2D eigenvalue weighted by atomic mass is 10.1. The average Bonchev–Trinajstić information content (AvgIpc) is 2.46. The van der Waals surface area contributed by atoms with Crippen LogP contribution in [0.15, 0.2) is 48.5 Å². The van der Waals surface area contributed by atoms with E-state index >= 15 is 0 Å². The molecule has 21 heavy (non-hydrogen) atoms. The number of benzene rings is 2. The molecule has 0 bridgehead atoms. The van der Waals surface area contributed by atoms with Crippen LogP contribution in [0.1, 0.15) is 29.7 Å². The maximum atomic E-state index is 10.9. The topological polar surface area (TPSA) is 72.5 Å². The van der Waals surface area contributed by atoms with Crippen LogP contribution in [-0.2, 0) is 17.8 Å². The van der Waals surface area contributed by atoms with Crippen molar-refractivity contribution < 1.29 is 14.6 Å². The lowest BCUT2D eigenvalue weighted by Gasteiger charge is -2.15. The Balaban J connectivity index is 2.15. The van der Waals surface area contributed by atoms with Gasteiger partial charge < -0.3 is 15.6 Å². The van der Waals surface area contributed by atoms with Gasteiger partial charge in [0.25, 0.3) is 0 Å². The zero-order valence-corrected chi connectivity index (χ0v) is 12.0. The summed E-state index contributed by atoms with van der Waals surface area (Å²) >= 11 is 0. The number of ether oxygens (including phenoxy) is 1. The van der Waals surface area contributed by atoms with Crippen LogP contribution in [0, 0.1) is 0 Å². The van der Waals surface area contributed by atoms with Gasteiger partial charge in [0.1, 0.15) is 12.4 Å². The quantitative estimate of drug-likeness (QED) is 0.856. The average molecular weight is 285 g/mol. The van der Waals surface area contributed by atoms with Gasteiger partial charge in [-0.25, -0.2) is 0 Å². The van der Waals surface area contributed by atoms with E-state index in [0.29, 0.717) is 6.61 Å². The molecule has 110 valence electrons. The first-order valence-corrected chi connectivity index (χ1v) is 6.84. The number of aliphatic carboxylic acids is 1. The van der Waals surface area contributed by atoms with Crippen LogP contribution < -0.4 is 10.5 Å². The maximum absolute atomic E-state index is 10.9. The third-order valence-corrected chi connectivity index (χ3v) is 3.25. The summed E-state index contributed by atoms with van der Waals surface area (Å²) in [7, 11) is 0. The van der Waals surface area contributed by atoms with Crippen molar-refractivity contribution in [3.05, 3.63) is 65.2 Å². The van der Waals surface area contributed by atoms with Crippen molar-refractivity contribution in [2.45, 2.75) is 26.0 Å². The van der Waals surface area contributed by atoms with Crippen molar-refractivity contribution in [2.75, 3.05) is 0 Å². The van der Waals surface area contributed by atoms with E-state index in [2.05, 4.69) is 0 Å². The third kappa shape index (κ3) is 4.07. The Bertz CT molecular complexity index is 623. The predicted octanol–water partition coefficient (Wildman–Crippen LogP) is 2.91. The van der Waals surface area contributed by atoms with Gasteiger partial charge in [0, 0.05) is 11.6 Å². The summed E-state index contributed by atoms with van der Waals surface area (Å²) in [5.41, 5.74) is 8.50. The molecule has 0 saturated heterocycles. The minimum absolute atomic E-state index is 0.00548. The van der Waals surface area contributed by atoms with E-state index in [9.17, 15) is 4.79 Å². The van der Waals surface area contributed by atoms with E-state index in [4.69, 9.17) is 15.6 Å². The zero-order chi connectivity index (χ0) is 15.2. The van der Waals surface area contributed by atoms with Gasteiger partial charge in [-0.2, -0.15) is 0 Å².